The first-order chi connectivity index (χ1) is 7.61. The van der Waals surface area contributed by atoms with Gasteiger partial charge in [0.2, 0.25) is 0 Å². The van der Waals surface area contributed by atoms with E-state index in [4.69, 9.17) is 0 Å². The van der Waals surface area contributed by atoms with E-state index < -0.39 is 9.84 Å². The van der Waals surface area contributed by atoms with Crippen molar-refractivity contribution in [2.75, 3.05) is 18.2 Å². The monoisotopic (exact) mass is 243 g/mol. The van der Waals surface area contributed by atoms with E-state index in [0.717, 1.165) is 12.5 Å². The summed E-state index contributed by atoms with van der Waals surface area (Å²) in [4.78, 5) is 0. The Morgan fingerprint density at radius 2 is 2.12 bits per heavy atom. The van der Waals surface area contributed by atoms with Gasteiger partial charge < -0.3 is 5.32 Å². The van der Waals surface area contributed by atoms with Gasteiger partial charge in [0, 0.05) is 0 Å². The molecule has 92 valence electrons. The van der Waals surface area contributed by atoms with Crippen molar-refractivity contribution in [3.05, 3.63) is 12.2 Å². The summed E-state index contributed by atoms with van der Waals surface area (Å²) in [6, 6.07) is 0. The number of nitrogens with one attached hydrogen (secondary N) is 1. The van der Waals surface area contributed by atoms with Gasteiger partial charge in [0.15, 0.2) is 9.84 Å². The lowest BCUT2D eigenvalue weighted by molar-refractivity contribution is 0.425. The van der Waals surface area contributed by atoms with Gasteiger partial charge in [-0.3, -0.25) is 0 Å². The van der Waals surface area contributed by atoms with E-state index >= 15 is 0 Å². The van der Waals surface area contributed by atoms with Crippen molar-refractivity contribution in [2.24, 2.45) is 17.8 Å². The van der Waals surface area contributed by atoms with Gasteiger partial charge in [0.05, 0.1) is 11.6 Å². The maximum absolute atomic E-state index is 11.5. The topological polar surface area (TPSA) is 46.2 Å². The molecule has 16 heavy (non-hydrogen) atoms. The fourth-order valence-electron chi connectivity index (χ4n) is 2.91. The highest BCUT2D eigenvalue weighted by molar-refractivity contribution is 7.91. The first kappa shape index (κ1) is 12.1. The molecule has 2 bridgehead atoms. The molecule has 2 aliphatic rings. The van der Waals surface area contributed by atoms with E-state index in [2.05, 4.69) is 17.5 Å². The van der Waals surface area contributed by atoms with E-state index in [-0.39, 0.29) is 5.88 Å². The molecule has 1 saturated carbocycles. The first-order valence-electron chi connectivity index (χ1n) is 6.20. The summed E-state index contributed by atoms with van der Waals surface area (Å²) in [6.45, 7) is 2.76. The van der Waals surface area contributed by atoms with Crippen LogP contribution >= 0.6 is 0 Å². The molecule has 1 fully saturated rings. The lowest BCUT2D eigenvalue weighted by Crippen LogP contribution is -2.31. The van der Waals surface area contributed by atoms with Gasteiger partial charge in [-0.15, -0.1) is 0 Å². The highest BCUT2D eigenvalue weighted by atomic mass is 32.2. The zero-order valence-corrected chi connectivity index (χ0v) is 10.7. The average molecular weight is 243 g/mol. The lowest BCUT2D eigenvalue weighted by Gasteiger charge is -2.18. The van der Waals surface area contributed by atoms with Gasteiger partial charge in [0.1, 0.15) is 0 Å². The molecule has 0 heterocycles. The van der Waals surface area contributed by atoms with Crippen LogP contribution < -0.4 is 5.32 Å². The Hall–Kier alpha value is -0.350. The molecule has 0 saturated heterocycles. The number of sulfone groups is 1. The predicted molar refractivity (Wildman–Crippen MR) is 65.8 cm³/mol. The zero-order valence-electron chi connectivity index (χ0n) is 9.85. The van der Waals surface area contributed by atoms with Gasteiger partial charge in [-0.2, -0.15) is 0 Å². The van der Waals surface area contributed by atoms with Crippen molar-refractivity contribution < 1.29 is 8.42 Å². The number of allylic oxidation sites excluding steroid dienone is 2. The minimum Gasteiger partial charge on any atom is -0.303 e. The molecule has 0 aliphatic heterocycles. The molecular weight excluding hydrogens is 222 g/mol. The third-order valence-corrected chi connectivity index (χ3v) is 5.33. The Labute approximate surface area is 98.2 Å². The molecule has 4 heteroatoms. The summed E-state index contributed by atoms with van der Waals surface area (Å²) in [7, 11) is -2.87. The number of hydrogen-bond acceptors (Lipinski definition) is 3. The summed E-state index contributed by atoms with van der Waals surface area (Å²) in [5, 5.41) is 3.12. The van der Waals surface area contributed by atoms with Crippen molar-refractivity contribution in [2.45, 2.75) is 26.2 Å². The number of rotatable bonds is 6. The molecule has 0 aromatic carbocycles. The molecule has 2 aliphatic carbocycles. The lowest BCUT2D eigenvalue weighted by atomic mass is 9.94. The van der Waals surface area contributed by atoms with Crippen molar-refractivity contribution in [3.8, 4) is 0 Å². The number of hydrogen-bond donors (Lipinski definition) is 1. The van der Waals surface area contributed by atoms with Crippen LogP contribution in [0.3, 0.4) is 0 Å². The van der Waals surface area contributed by atoms with Crippen molar-refractivity contribution in [3.63, 3.8) is 0 Å². The van der Waals surface area contributed by atoms with Gasteiger partial charge in [-0.05, 0) is 43.6 Å². The van der Waals surface area contributed by atoms with Crippen LogP contribution in [0.4, 0.5) is 0 Å². The largest absolute Gasteiger partial charge is 0.303 e. The Morgan fingerprint density at radius 1 is 1.31 bits per heavy atom. The maximum Gasteiger partial charge on any atom is 0.163 e. The van der Waals surface area contributed by atoms with Gasteiger partial charge in [0.25, 0.3) is 0 Å². The first-order valence-corrected chi connectivity index (χ1v) is 8.02. The van der Waals surface area contributed by atoms with Crippen molar-refractivity contribution in [1.82, 2.24) is 5.32 Å². The van der Waals surface area contributed by atoms with Crippen LogP contribution in [0, 0.1) is 17.8 Å². The van der Waals surface area contributed by atoms with E-state index in [0.29, 0.717) is 24.0 Å². The van der Waals surface area contributed by atoms with Crippen LogP contribution in [-0.2, 0) is 9.84 Å². The summed E-state index contributed by atoms with van der Waals surface area (Å²) in [5.41, 5.74) is 0. The average Bonchev–Trinajstić information content (AvgIpc) is 2.78. The van der Waals surface area contributed by atoms with E-state index in [9.17, 15) is 8.42 Å². The summed E-state index contributed by atoms with van der Waals surface area (Å²) in [5.74, 6) is 2.58. The second-order valence-corrected chi connectivity index (χ2v) is 7.27. The van der Waals surface area contributed by atoms with Crippen molar-refractivity contribution >= 4 is 9.84 Å². The molecule has 1 N–H and O–H groups in total. The van der Waals surface area contributed by atoms with Gasteiger partial charge in [-0.25, -0.2) is 8.42 Å². The fraction of sp³-hybridized carbons (Fsp3) is 0.833. The zero-order chi connectivity index (χ0) is 11.6. The van der Waals surface area contributed by atoms with Gasteiger partial charge in [-0.1, -0.05) is 19.1 Å². The molecule has 2 rings (SSSR count). The van der Waals surface area contributed by atoms with Crippen LogP contribution in [0.5, 0.6) is 0 Å². The predicted octanol–water partition coefficient (Wildman–Crippen LogP) is 1.57. The molecular formula is C12H21NO2S. The van der Waals surface area contributed by atoms with Gasteiger partial charge >= 0.3 is 0 Å². The van der Waals surface area contributed by atoms with E-state index in [1.807, 2.05) is 6.92 Å². The second kappa shape index (κ2) is 4.88. The Bertz CT molecular complexity index is 361. The van der Waals surface area contributed by atoms with Crippen LogP contribution in [-0.4, -0.2) is 26.6 Å². The van der Waals surface area contributed by atoms with Crippen LogP contribution in [0.25, 0.3) is 0 Å². The minimum absolute atomic E-state index is 0.151. The molecule has 0 amide bonds. The highest BCUT2D eigenvalue weighted by Gasteiger charge is 2.35. The molecule has 0 spiro atoms. The Kier molecular flexibility index (Phi) is 3.70. The standard InChI is InChI=1S/C12H21NO2S/c1-2-5-16(14,15)9-13-8-12-7-10-3-4-11(12)6-10/h3-4,10-13H,2,5-9H2,1H3. The summed E-state index contributed by atoms with van der Waals surface area (Å²) >= 11 is 0. The maximum atomic E-state index is 11.5. The fourth-order valence-corrected chi connectivity index (χ4v) is 4.11. The second-order valence-electron chi connectivity index (χ2n) is 5.09. The number of fused-ring (bicyclic) bond motifs is 2. The third kappa shape index (κ3) is 2.86. The SMILES string of the molecule is CCCS(=O)(=O)CNCC1CC2C=CC1C2. The molecule has 0 radical (unpaired) electrons. The molecule has 3 unspecified atom stereocenters. The van der Waals surface area contributed by atoms with Crippen LogP contribution in [0.15, 0.2) is 12.2 Å². The van der Waals surface area contributed by atoms with E-state index in [1.54, 1.807) is 0 Å². The Morgan fingerprint density at radius 3 is 2.69 bits per heavy atom. The van der Waals surface area contributed by atoms with Crippen LogP contribution in [0.1, 0.15) is 26.2 Å². The molecule has 3 nitrogen and oxygen atoms in total. The molecule has 3 atom stereocenters. The molecule has 0 aromatic rings. The quantitative estimate of drug-likeness (QED) is 0.720. The smallest absolute Gasteiger partial charge is 0.163 e. The summed E-state index contributed by atoms with van der Waals surface area (Å²) < 4.78 is 23.0. The highest BCUT2D eigenvalue weighted by Crippen LogP contribution is 2.42. The Balaban J connectivity index is 1.71. The third-order valence-electron chi connectivity index (χ3n) is 3.66. The van der Waals surface area contributed by atoms with Crippen LogP contribution in [0.2, 0.25) is 0 Å². The minimum atomic E-state index is -2.87. The normalized spacial score (nSPS) is 32.4. The van der Waals surface area contributed by atoms with Crippen molar-refractivity contribution in [1.29, 1.82) is 0 Å². The summed E-state index contributed by atoms with van der Waals surface area (Å²) in [6.07, 6.45) is 7.85. The van der Waals surface area contributed by atoms with E-state index in [1.165, 1.54) is 12.8 Å². The molecule has 0 aromatic heterocycles.